The molecule has 0 atom stereocenters. The van der Waals surface area contributed by atoms with Crippen molar-refractivity contribution in [3.63, 3.8) is 0 Å². The molecule has 2 aromatic rings. The van der Waals surface area contributed by atoms with E-state index in [1.165, 1.54) is 30.5 Å². The molecular weight excluding hydrogens is 294 g/mol. The van der Waals surface area contributed by atoms with Crippen LogP contribution in [-0.4, -0.2) is 26.9 Å². The first-order valence-corrected chi connectivity index (χ1v) is 6.82. The van der Waals surface area contributed by atoms with Gasteiger partial charge in [0.1, 0.15) is 5.02 Å². The van der Waals surface area contributed by atoms with Gasteiger partial charge in [0, 0.05) is 6.04 Å². The van der Waals surface area contributed by atoms with Crippen LogP contribution >= 0.6 is 11.6 Å². The molecule has 0 saturated heterocycles. The third-order valence-electron chi connectivity index (χ3n) is 3.21. The molecule has 1 saturated carbocycles. The number of nitrogens with one attached hydrogen (secondary N) is 1. The minimum absolute atomic E-state index is 0.0826. The summed E-state index contributed by atoms with van der Waals surface area (Å²) < 4.78 is 1.14. The van der Waals surface area contributed by atoms with E-state index in [0.717, 1.165) is 17.5 Å². The van der Waals surface area contributed by atoms with Gasteiger partial charge < -0.3 is 10.4 Å². The molecule has 0 radical (unpaired) electrons. The number of halogens is 1. The second kappa shape index (κ2) is 5.21. The lowest BCUT2D eigenvalue weighted by Crippen LogP contribution is -2.23. The summed E-state index contributed by atoms with van der Waals surface area (Å²) in [5.74, 6) is -1.02. The molecule has 6 nitrogen and oxygen atoms in total. The first-order valence-electron chi connectivity index (χ1n) is 6.44. The van der Waals surface area contributed by atoms with Gasteiger partial charge in [-0.3, -0.25) is 4.79 Å². The number of anilines is 1. The number of aromatic carboxylic acids is 1. The maximum Gasteiger partial charge on any atom is 0.335 e. The van der Waals surface area contributed by atoms with Gasteiger partial charge in [-0.25, -0.2) is 4.79 Å². The number of carboxylic acid groups (broad SMARTS) is 1. The van der Waals surface area contributed by atoms with E-state index in [1.54, 1.807) is 0 Å². The Labute approximate surface area is 125 Å². The van der Waals surface area contributed by atoms with Crippen LogP contribution in [0.5, 0.6) is 0 Å². The third kappa shape index (κ3) is 2.75. The van der Waals surface area contributed by atoms with Gasteiger partial charge in [-0.1, -0.05) is 11.6 Å². The minimum atomic E-state index is -1.02. The fourth-order valence-electron chi connectivity index (χ4n) is 1.91. The highest BCUT2D eigenvalue weighted by atomic mass is 35.5. The Kier molecular flexibility index (Phi) is 3.39. The Morgan fingerprint density at radius 2 is 2.00 bits per heavy atom. The molecule has 0 bridgehead atoms. The summed E-state index contributed by atoms with van der Waals surface area (Å²) in [7, 11) is 0. The molecule has 2 N–H and O–H groups in total. The maximum atomic E-state index is 12.2. The third-order valence-corrected chi connectivity index (χ3v) is 3.58. The molecule has 1 aromatic carbocycles. The van der Waals surface area contributed by atoms with Gasteiger partial charge >= 0.3 is 5.97 Å². The van der Waals surface area contributed by atoms with Crippen molar-refractivity contribution in [1.29, 1.82) is 0 Å². The summed E-state index contributed by atoms with van der Waals surface area (Å²) in [6.45, 7) is 0. The number of carbonyl (C=O) groups is 1. The standard InChI is InChI=1S/C14H12ClN3O3/c15-12-11(17-9-3-4-9)7-16-18(13(12)19)10-5-1-8(2-6-10)14(20)21/h1-2,5-7,9,17H,3-4H2,(H,20,21). The highest BCUT2D eigenvalue weighted by Gasteiger charge is 2.23. The van der Waals surface area contributed by atoms with E-state index in [-0.39, 0.29) is 10.6 Å². The number of carboxylic acids is 1. The van der Waals surface area contributed by atoms with E-state index in [2.05, 4.69) is 10.4 Å². The molecule has 0 spiro atoms. The van der Waals surface area contributed by atoms with E-state index in [1.807, 2.05) is 0 Å². The molecule has 3 rings (SSSR count). The van der Waals surface area contributed by atoms with Crippen LogP contribution in [0.2, 0.25) is 5.02 Å². The first kappa shape index (κ1) is 13.6. The zero-order chi connectivity index (χ0) is 15.0. The van der Waals surface area contributed by atoms with Crippen molar-refractivity contribution in [2.45, 2.75) is 18.9 Å². The van der Waals surface area contributed by atoms with Crippen molar-refractivity contribution >= 4 is 23.3 Å². The topological polar surface area (TPSA) is 84.2 Å². The van der Waals surface area contributed by atoms with Gasteiger partial charge in [0.2, 0.25) is 0 Å². The van der Waals surface area contributed by atoms with E-state index >= 15 is 0 Å². The van der Waals surface area contributed by atoms with Crippen LogP contribution in [-0.2, 0) is 0 Å². The smallest absolute Gasteiger partial charge is 0.335 e. The summed E-state index contributed by atoms with van der Waals surface area (Å²) in [6, 6.07) is 6.23. The Balaban J connectivity index is 1.96. The summed E-state index contributed by atoms with van der Waals surface area (Å²) in [6.07, 6.45) is 3.64. The van der Waals surface area contributed by atoms with Gasteiger partial charge in [-0.05, 0) is 37.1 Å². The molecule has 0 amide bonds. The highest BCUT2D eigenvalue weighted by molar-refractivity contribution is 6.33. The van der Waals surface area contributed by atoms with Crippen LogP contribution < -0.4 is 10.9 Å². The lowest BCUT2D eigenvalue weighted by atomic mass is 10.2. The lowest BCUT2D eigenvalue weighted by Gasteiger charge is -2.09. The second-order valence-corrected chi connectivity index (χ2v) is 5.24. The van der Waals surface area contributed by atoms with Crippen molar-refractivity contribution in [3.8, 4) is 5.69 Å². The number of hydrogen-bond donors (Lipinski definition) is 2. The number of rotatable bonds is 4. The largest absolute Gasteiger partial charge is 0.478 e. The Morgan fingerprint density at radius 3 is 2.57 bits per heavy atom. The Bertz CT molecular complexity index is 751. The van der Waals surface area contributed by atoms with Gasteiger partial charge in [0.25, 0.3) is 5.56 Å². The molecule has 0 aliphatic heterocycles. The zero-order valence-electron chi connectivity index (χ0n) is 10.9. The fourth-order valence-corrected chi connectivity index (χ4v) is 2.09. The quantitative estimate of drug-likeness (QED) is 0.904. The monoisotopic (exact) mass is 305 g/mol. The van der Waals surface area contributed by atoms with Crippen molar-refractivity contribution in [3.05, 3.63) is 51.4 Å². The zero-order valence-corrected chi connectivity index (χ0v) is 11.7. The van der Waals surface area contributed by atoms with Gasteiger partial charge in [-0.15, -0.1) is 0 Å². The predicted molar refractivity (Wildman–Crippen MR) is 78.4 cm³/mol. The Hall–Kier alpha value is -2.34. The van der Waals surface area contributed by atoms with E-state index in [0.29, 0.717) is 17.4 Å². The van der Waals surface area contributed by atoms with Crippen molar-refractivity contribution in [2.24, 2.45) is 0 Å². The number of aromatic nitrogens is 2. The van der Waals surface area contributed by atoms with Crippen molar-refractivity contribution < 1.29 is 9.90 Å². The lowest BCUT2D eigenvalue weighted by molar-refractivity contribution is 0.0697. The van der Waals surface area contributed by atoms with Crippen LogP contribution in [0.25, 0.3) is 5.69 Å². The SMILES string of the molecule is O=C(O)c1ccc(-n2ncc(NC3CC3)c(Cl)c2=O)cc1. The molecule has 7 heteroatoms. The minimum Gasteiger partial charge on any atom is -0.478 e. The van der Waals surface area contributed by atoms with Crippen LogP contribution in [0.3, 0.4) is 0 Å². The molecule has 1 heterocycles. The first-order chi connectivity index (χ1) is 10.1. The summed E-state index contributed by atoms with van der Waals surface area (Å²) >= 11 is 6.07. The van der Waals surface area contributed by atoms with Crippen LogP contribution in [0.15, 0.2) is 35.3 Å². The molecule has 108 valence electrons. The number of benzene rings is 1. The van der Waals surface area contributed by atoms with Crippen LogP contribution in [0, 0.1) is 0 Å². The average Bonchev–Trinajstić information content (AvgIpc) is 3.28. The summed E-state index contributed by atoms with van der Waals surface area (Å²) in [5.41, 5.74) is 0.697. The molecule has 1 aliphatic rings. The fraction of sp³-hybridized carbons (Fsp3) is 0.214. The number of hydrogen-bond acceptors (Lipinski definition) is 4. The molecule has 1 aromatic heterocycles. The van der Waals surface area contributed by atoms with Crippen LogP contribution in [0.4, 0.5) is 5.69 Å². The van der Waals surface area contributed by atoms with Gasteiger partial charge in [0.15, 0.2) is 0 Å². The van der Waals surface area contributed by atoms with E-state index in [9.17, 15) is 9.59 Å². The van der Waals surface area contributed by atoms with E-state index in [4.69, 9.17) is 16.7 Å². The summed E-state index contributed by atoms with van der Waals surface area (Å²) in [5, 5.41) is 16.2. The molecular formula is C14H12ClN3O3. The molecule has 1 aliphatic carbocycles. The normalized spacial score (nSPS) is 14.0. The summed E-state index contributed by atoms with van der Waals surface area (Å²) in [4.78, 5) is 23.0. The predicted octanol–water partition coefficient (Wildman–Crippen LogP) is 2.16. The molecule has 0 unspecified atom stereocenters. The Morgan fingerprint density at radius 1 is 1.33 bits per heavy atom. The van der Waals surface area contributed by atoms with Gasteiger partial charge in [0.05, 0.1) is 23.1 Å². The van der Waals surface area contributed by atoms with Crippen molar-refractivity contribution in [2.75, 3.05) is 5.32 Å². The van der Waals surface area contributed by atoms with Gasteiger partial charge in [-0.2, -0.15) is 9.78 Å². The second-order valence-electron chi connectivity index (χ2n) is 4.86. The average molecular weight is 306 g/mol. The maximum absolute atomic E-state index is 12.2. The number of nitrogens with zero attached hydrogens (tertiary/aromatic N) is 2. The van der Waals surface area contributed by atoms with E-state index < -0.39 is 11.5 Å². The van der Waals surface area contributed by atoms with Crippen molar-refractivity contribution in [1.82, 2.24) is 9.78 Å². The highest BCUT2D eigenvalue weighted by Crippen LogP contribution is 2.27. The molecule has 21 heavy (non-hydrogen) atoms. The molecule has 1 fully saturated rings. The van der Waals surface area contributed by atoms with Crippen LogP contribution in [0.1, 0.15) is 23.2 Å².